The summed E-state index contributed by atoms with van der Waals surface area (Å²) in [4.78, 5) is 21.3. The number of hydrogen-bond donors (Lipinski definition) is 2. The van der Waals surface area contributed by atoms with Gasteiger partial charge in [-0.15, -0.1) is 0 Å². The number of nitrogens with one attached hydrogen (secondary N) is 1. The van der Waals surface area contributed by atoms with Crippen LogP contribution in [-0.4, -0.2) is 32.2 Å². The van der Waals surface area contributed by atoms with E-state index >= 15 is 0 Å². The Hall–Kier alpha value is -3.06. The molecule has 2 heterocycles. The summed E-state index contributed by atoms with van der Waals surface area (Å²) in [5.41, 5.74) is 3.69. The highest BCUT2D eigenvalue weighted by atomic mass is 16.2. The van der Waals surface area contributed by atoms with Gasteiger partial charge in [-0.2, -0.15) is 9.78 Å². The first-order valence-corrected chi connectivity index (χ1v) is 9.00. The van der Waals surface area contributed by atoms with E-state index in [4.69, 9.17) is 0 Å². The first-order chi connectivity index (χ1) is 12.9. The van der Waals surface area contributed by atoms with E-state index in [1.165, 1.54) is 5.56 Å². The van der Waals surface area contributed by atoms with Crippen molar-refractivity contribution in [2.45, 2.75) is 33.7 Å². The van der Waals surface area contributed by atoms with Gasteiger partial charge in [0.15, 0.2) is 6.54 Å². The normalized spacial score (nSPS) is 12.0. The Morgan fingerprint density at radius 1 is 1.07 bits per heavy atom. The maximum atomic E-state index is 12.5. The molecular weight excluding hydrogens is 340 g/mol. The molecule has 0 aliphatic rings. The predicted octanol–water partition coefficient (Wildman–Crippen LogP) is 1.85. The number of rotatable bonds is 6. The number of carbonyl (C=O) groups is 1. The Labute approximate surface area is 158 Å². The maximum Gasteiger partial charge on any atom is 0.280 e. The topological polar surface area (TPSA) is 89.3 Å². The van der Waals surface area contributed by atoms with Gasteiger partial charge in [0.1, 0.15) is 11.9 Å². The summed E-state index contributed by atoms with van der Waals surface area (Å²) in [6.45, 7) is 8.09. The summed E-state index contributed by atoms with van der Waals surface area (Å²) in [6, 6.07) is 14.0. The monoisotopic (exact) mass is 365 g/mol. The molecular formula is C20H25N6O+. The fraction of sp³-hybridized carbons (Fsp3) is 0.300. The highest BCUT2D eigenvalue weighted by molar-refractivity contribution is 5.90. The lowest BCUT2D eigenvalue weighted by Gasteiger charge is -2.11. The SMILES string of the molecule is Cc1cc(C)nc(-n2nc(C)cc2NC(=O)C[NH2+][C@H](C)c2ccccc2)n1. The minimum absolute atomic E-state index is 0.0942. The van der Waals surface area contributed by atoms with Gasteiger partial charge in [0, 0.05) is 23.0 Å². The number of nitrogens with two attached hydrogens (primary N) is 1. The molecule has 0 radical (unpaired) electrons. The van der Waals surface area contributed by atoms with Crippen LogP contribution < -0.4 is 10.6 Å². The molecule has 0 fully saturated rings. The molecule has 0 spiro atoms. The van der Waals surface area contributed by atoms with Gasteiger partial charge in [-0.05, 0) is 33.8 Å². The van der Waals surface area contributed by atoms with Gasteiger partial charge in [-0.25, -0.2) is 9.97 Å². The molecule has 140 valence electrons. The van der Waals surface area contributed by atoms with Crippen LogP contribution in [0.25, 0.3) is 5.95 Å². The lowest BCUT2D eigenvalue weighted by molar-refractivity contribution is -0.682. The number of aromatic nitrogens is 4. The van der Waals surface area contributed by atoms with E-state index in [2.05, 4.69) is 39.4 Å². The highest BCUT2D eigenvalue weighted by Gasteiger charge is 2.16. The minimum Gasteiger partial charge on any atom is -0.333 e. The molecule has 3 N–H and O–H groups in total. The lowest BCUT2D eigenvalue weighted by atomic mass is 10.1. The van der Waals surface area contributed by atoms with Crippen LogP contribution in [-0.2, 0) is 4.79 Å². The van der Waals surface area contributed by atoms with Crippen LogP contribution in [0.1, 0.15) is 35.6 Å². The minimum atomic E-state index is -0.0942. The summed E-state index contributed by atoms with van der Waals surface area (Å²) in [7, 11) is 0. The number of quaternary nitrogens is 1. The van der Waals surface area contributed by atoms with E-state index < -0.39 is 0 Å². The maximum absolute atomic E-state index is 12.5. The molecule has 1 atom stereocenters. The van der Waals surface area contributed by atoms with Crippen molar-refractivity contribution in [3.63, 3.8) is 0 Å². The van der Waals surface area contributed by atoms with Gasteiger partial charge in [-0.1, -0.05) is 30.3 Å². The number of nitrogens with zero attached hydrogens (tertiary/aromatic N) is 4. The summed E-state index contributed by atoms with van der Waals surface area (Å²) in [5.74, 6) is 0.934. The first-order valence-electron chi connectivity index (χ1n) is 9.00. The third-order valence-corrected chi connectivity index (χ3v) is 4.24. The summed E-state index contributed by atoms with van der Waals surface area (Å²) >= 11 is 0. The van der Waals surface area contributed by atoms with Crippen molar-refractivity contribution in [3.8, 4) is 5.95 Å². The second-order valence-corrected chi connectivity index (χ2v) is 6.72. The fourth-order valence-corrected chi connectivity index (χ4v) is 2.91. The number of amides is 1. The molecule has 7 nitrogen and oxygen atoms in total. The van der Waals surface area contributed by atoms with Crippen LogP contribution in [0.4, 0.5) is 5.82 Å². The van der Waals surface area contributed by atoms with Crippen LogP contribution >= 0.6 is 0 Å². The summed E-state index contributed by atoms with van der Waals surface area (Å²) in [6.07, 6.45) is 0. The van der Waals surface area contributed by atoms with Crippen LogP contribution in [0.5, 0.6) is 0 Å². The Morgan fingerprint density at radius 2 is 1.74 bits per heavy atom. The van der Waals surface area contributed by atoms with Crippen LogP contribution in [0.3, 0.4) is 0 Å². The molecule has 3 aromatic rings. The largest absolute Gasteiger partial charge is 0.333 e. The van der Waals surface area contributed by atoms with Crippen molar-refractivity contribution < 1.29 is 10.1 Å². The molecule has 0 aliphatic carbocycles. The zero-order chi connectivity index (χ0) is 19.4. The molecule has 27 heavy (non-hydrogen) atoms. The molecule has 0 saturated heterocycles. The van der Waals surface area contributed by atoms with Gasteiger partial charge in [0.2, 0.25) is 0 Å². The van der Waals surface area contributed by atoms with Crippen molar-refractivity contribution in [2.75, 3.05) is 11.9 Å². The van der Waals surface area contributed by atoms with E-state index in [1.807, 2.05) is 56.4 Å². The molecule has 0 bridgehead atoms. The Bertz CT molecular complexity index is 915. The van der Waals surface area contributed by atoms with Gasteiger partial charge in [0.05, 0.1) is 5.69 Å². The average molecular weight is 365 g/mol. The van der Waals surface area contributed by atoms with E-state index in [-0.39, 0.29) is 11.9 Å². The summed E-state index contributed by atoms with van der Waals surface area (Å²) < 4.78 is 1.58. The number of carbonyl (C=O) groups excluding carboxylic acids is 1. The third-order valence-electron chi connectivity index (χ3n) is 4.24. The molecule has 7 heteroatoms. The first kappa shape index (κ1) is 18.7. The van der Waals surface area contributed by atoms with Crippen molar-refractivity contribution >= 4 is 11.7 Å². The third kappa shape index (κ3) is 4.77. The molecule has 0 unspecified atom stereocenters. The van der Waals surface area contributed by atoms with Crippen molar-refractivity contribution in [3.05, 3.63) is 65.1 Å². The van der Waals surface area contributed by atoms with E-state index in [9.17, 15) is 4.79 Å². The number of benzene rings is 1. The second-order valence-electron chi connectivity index (χ2n) is 6.72. The number of anilines is 1. The molecule has 3 rings (SSSR count). The van der Waals surface area contributed by atoms with Crippen molar-refractivity contribution in [1.82, 2.24) is 19.7 Å². The summed E-state index contributed by atoms with van der Waals surface area (Å²) in [5, 5.41) is 9.36. The van der Waals surface area contributed by atoms with Gasteiger partial charge in [0.25, 0.3) is 11.9 Å². The molecule has 1 amide bonds. The van der Waals surface area contributed by atoms with E-state index in [0.717, 1.165) is 17.1 Å². The van der Waals surface area contributed by atoms with E-state index in [1.54, 1.807) is 4.68 Å². The number of hydrogen-bond acceptors (Lipinski definition) is 4. The van der Waals surface area contributed by atoms with Crippen LogP contribution in [0, 0.1) is 20.8 Å². The molecule has 1 aromatic carbocycles. The van der Waals surface area contributed by atoms with Gasteiger partial charge < -0.3 is 10.6 Å². The zero-order valence-corrected chi connectivity index (χ0v) is 16.1. The second kappa shape index (κ2) is 8.09. The lowest BCUT2D eigenvalue weighted by Crippen LogP contribution is -2.86. The molecule has 2 aromatic heterocycles. The predicted molar refractivity (Wildman–Crippen MR) is 104 cm³/mol. The smallest absolute Gasteiger partial charge is 0.280 e. The Kier molecular flexibility index (Phi) is 5.61. The highest BCUT2D eigenvalue weighted by Crippen LogP contribution is 2.15. The Morgan fingerprint density at radius 3 is 2.41 bits per heavy atom. The average Bonchev–Trinajstić information content (AvgIpc) is 3.00. The van der Waals surface area contributed by atoms with Crippen molar-refractivity contribution in [2.24, 2.45) is 0 Å². The Balaban J connectivity index is 1.69. The quantitative estimate of drug-likeness (QED) is 0.698. The zero-order valence-electron chi connectivity index (χ0n) is 16.1. The number of aryl methyl sites for hydroxylation is 3. The van der Waals surface area contributed by atoms with E-state index in [0.29, 0.717) is 18.3 Å². The van der Waals surface area contributed by atoms with Gasteiger partial charge in [-0.3, -0.25) is 4.79 Å². The fourth-order valence-electron chi connectivity index (χ4n) is 2.91. The standard InChI is InChI=1S/C20H24N6O/c1-13-10-14(2)23-20(22-13)26-18(11-15(3)25-26)24-19(27)12-21-16(4)17-8-6-5-7-9-17/h5-11,16,21H,12H2,1-4H3,(H,24,27)/p+1/t16-/m1/s1. The van der Waals surface area contributed by atoms with Crippen molar-refractivity contribution in [1.29, 1.82) is 0 Å². The molecule has 0 saturated carbocycles. The molecule has 0 aliphatic heterocycles. The van der Waals surface area contributed by atoms with Crippen LogP contribution in [0.2, 0.25) is 0 Å². The van der Waals surface area contributed by atoms with Crippen LogP contribution in [0.15, 0.2) is 42.5 Å². The van der Waals surface area contributed by atoms with Gasteiger partial charge >= 0.3 is 0 Å².